The van der Waals surface area contributed by atoms with E-state index in [1.54, 1.807) is 19.2 Å². The van der Waals surface area contributed by atoms with E-state index in [9.17, 15) is 4.39 Å². The summed E-state index contributed by atoms with van der Waals surface area (Å²) in [6.07, 6.45) is 0. The second-order valence-corrected chi connectivity index (χ2v) is 5.39. The van der Waals surface area contributed by atoms with Crippen LogP contribution in [0.2, 0.25) is 0 Å². The van der Waals surface area contributed by atoms with Gasteiger partial charge in [-0.1, -0.05) is 42.5 Å². The van der Waals surface area contributed by atoms with Crippen LogP contribution < -0.4 is 10.6 Å². The topological polar surface area (TPSA) is 45.7 Å². The van der Waals surface area contributed by atoms with E-state index in [2.05, 4.69) is 15.6 Å². The van der Waals surface area contributed by atoms with Crippen LogP contribution in [0.3, 0.4) is 0 Å². The summed E-state index contributed by atoms with van der Waals surface area (Å²) in [6.45, 7) is 4.30. The molecule has 2 N–H and O–H groups in total. The average molecular weight is 457 g/mol. The smallest absolute Gasteiger partial charge is 0.191 e. The Kier molecular flexibility index (Phi) is 10.1. The fourth-order valence-electron chi connectivity index (χ4n) is 2.24. The number of aliphatic imine (C=N–C) groups is 1. The molecule has 0 saturated heterocycles. The van der Waals surface area contributed by atoms with Gasteiger partial charge in [0.25, 0.3) is 0 Å². The van der Waals surface area contributed by atoms with Crippen molar-refractivity contribution in [2.24, 2.45) is 4.99 Å². The largest absolute Gasteiger partial charge is 0.380 e. The van der Waals surface area contributed by atoms with Crippen molar-refractivity contribution in [1.82, 2.24) is 10.6 Å². The number of nitrogens with one attached hydrogen (secondary N) is 2. The third-order valence-electron chi connectivity index (χ3n) is 3.50. The van der Waals surface area contributed by atoms with Gasteiger partial charge in [0, 0.05) is 25.8 Å². The van der Waals surface area contributed by atoms with Crippen molar-refractivity contribution in [2.45, 2.75) is 26.6 Å². The molecule has 0 aliphatic rings. The Morgan fingerprint density at radius 3 is 2.36 bits per heavy atom. The van der Waals surface area contributed by atoms with Crippen molar-refractivity contribution in [3.8, 4) is 0 Å². The first-order chi connectivity index (χ1) is 11.7. The van der Waals surface area contributed by atoms with Gasteiger partial charge in [0.2, 0.25) is 0 Å². The third-order valence-corrected chi connectivity index (χ3v) is 3.50. The monoisotopic (exact) mass is 457 g/mol. The highest BCUT2D eigenvalue weighted by Gasteiger charge is 2.02. The van der Waals surface area contributed by atoms with Gasteiger partial charge in [0.15, 0.2) is 5.96 Å². The summed E-state index contributed by atoms with van der Waals surface area (Å²) in [6, 6.07) is 14.9. The lowest BCUT2D eigenvalue weighted by molar-refractivity contribution is 0.185. The van der Waals surface area contributed by atoms with E-state index in [-0.39, 0.29) is 29.8 Å². The number of guanidine groups is 1. The second-order valence-electron chi connectivity index (χ2n) is 5.39. The Hall–Kier alpha value is -1.67. The summed E-state index contributed by atoms with van der Waals surface area (Å²) >= 11 is 0. The van der Waals surface area contributed by atoms with Crippen molar-refractivity contribution in [3.63, 3.8) is 0 Å². The normalized spacial score (nSPS) is 10.9. The minimum Gasteiger partial charge on any atom is -0.380 e. The lowest BCUT2D eigenvalue weighted by Gasteiger charge is -2.12. The number of ether oxygens (including phenoxy) is 1. The van der Waals surface area contributed by atoms with Gasteiger partial charge in [-0.15, -0.1) is 24.0 Å². The highest BCUT2D eigenvalue weighted by molar-refractivity contribution is 14.0. The fraction of sp³-hybridized carbons (Fsp3) is 0.316. The van der Waals surface area contributed by atoms with Gasteiger partial charge >= 0.3 is 0 Å². The van der Waals surface area contributed by atoms with E-state index < -0.39 is 0 Å². The zero-order chi connectivity index (χ0) is 17.2. The third kappa shape index (κ3) is 7.39. The summed E-state index contributed by atoms with van der Waals surface area (Å²) in [4.78, 5) is 4.54. The molecule has 6 heteroatoms. The zero-order valence-electron chi connectivity index (χ0n) is 14.6. The standard InChI is InChI=1S/C19H24FN3O.HI/c1-3-21-19(23-13-17-6-4-5-7-18(17)20)22-12-15-8-10-16(11-9-15)14-24-2;/h4-11H,3,12-14H2,1-2H3,(H2,21,22,23);1H. The molecule has 0 bridgehead atoms. The maximum atomic E-state index is 13.7. The minimum atomic E-state index is -0.213. The number of nitrogens with zero attached hydrogens (tertiary/aromatic N) is 1. The molecule has 0 aliphatic heterocycles. The van der Waals surface area contributed by atoms with E-state index in [0.29, 0.717) is 31.2 Å². The number of rotatable bonds is 7. The molecule has 0 atom stereocenters. The highest BCUT2D eigenvalue weighted by Crippen LogP contribution is 2.07. The zero-order valence-corrected chi connectivity index (χ0v) is 16.9. The van der Waals surface area contributed by atoms with Crippen LogP contribution in [-0.2, 0) is 24.4 Å². The van der Waals surface area contributed by atoms with E-state index in [0.717, 1.165) is 17.7 Å². The first-order valence-corrected chi connectivity index (χ1v) is 8.05. The first kappa shape index (κ1) is 21.4. The molecule has 0 saturated carbocycles. The lowest BCUT2D eigenvalue weighted by Crippen LogP contribution is -2.37. The predicted octanol–water partition coefficient (Wildman–Crippen LogP) is 3.85. The minimum absolute atomic E-state index is 0. The Morgan fingerprint density at radius 1 is 1.04 bits per heavy atom. The molecule has 0 heterocycles. The lowest BCUT2D eigenvalue weighted by atomic mass is 10.1. The molecule has 25 heavy (non-hydrogen) atoms. The number of methoxy groups -OCH3 is 1. The maximum Gasteiger partial charge on any atom is 0.191 e. The Bertz CT molecular complexity index is 662. The molecule has 0 aliphatic carbocycles. The molecule has 2 aromatic rings. The molecule has 0 amide bonds. The van der Waals surface area contributed by atoms with Crippen molar-refractivity contribution in [2.75, 3.05) is 13.7 Å². The fourth-order valence-corrected chi connectivity index (χ4v) is 2.24. The van der Waals surface area contributed by atoms with Crippen LogP contribution in [-0.4, -0.2) is 19.6 Å². The first-order valence-electron chi connectivity index (χ1n) is 8.05. The molecule has 0 radical (unpaired) electrons. The van der Waals surface area contributed by atoms with Crippen LogP contribution in [0.15, 0.2) is 53.5 Å². The Morgan fingerprint density at radius 2 is 1.72 bits per heavy atom. The van der Waals surface area contributed by atoms with E-state index in [1.807, 2.05) is 37.3 Å². The van der Waals surface area contributed by atoms with Gasteiger partial charge in [-0.05, 0) is 24.1 Å². The Labute approximate surface area is 165 Å². The van der Waals surface area contributed by atoms with Gasteiger partial charge in [0.1, 0.15) is 5.82 Å². The number of hydrogen-bond donors (Lipinski definition) is 2. The molecule has 0 unspecified atom stereocenters. The Balaban J connectivity index is 0.00000312. The van der Waals surface area contributed by atoms with Crippen LogP contribution in [0, 0.1) is 5.82 Å². The quantitative estimate of drug-likeness (QED) is 0.377. The van der Waals surface area contributed by atoms with Crippen molar-refractivity contribution in [3.05, 3.63) is 71.0 Å². The van der Waals surface area contributed by atoms with Gasteiger partial charge in [-0.25, -0.2) is 9.38 Å². The number of halogens is 2. The molecule has 2 aromatic carbocycles. The van der Waals surface area contributed by atoms with Crippen molar-refractivity contribution in [1.29, 1.82) is 0 Å². The predicted molar refractivity (Wildman–Crippen MR) is 111 cm³/mol. The van der Waals surface area contributed by atoms with Crippen LogP contribution in [0.5, 0.6) is 0 Å². The van der Waals surface area contributed by atoms with Crippen LogP contribution in [0.4, 0.5) is 4.39 Å². The van der Waals surface area contributed by atoms with E-state index in [4.69, 9.17) is 4.74 Å². The van der Waals surface area contributed by atoms with Crippen LogP contribution >= 0.6 is 24.0 Å². The summed E-state index contributed by atoms with van der Waals surface area (Å²) in [5.41, 5.74) is 2.86. The summed E-state index contributed by atoms with van der Waals surface area (Å²) < 4.78 is 18.8. The molecule has 0 aromatic heterocycles. The molecule has 136 valence electrons. The van der Waals surface area contributed by atoms with Crippen LogP contribution in [0.25, 0.3) is 0 Å². The summed E-state index contributed by atoms with van der Waals surface area (Å²) in [7, 11) is 1.68. The average Bonchev–Trinajstić information content (AvgIpc) is 2.60. The maximum absolute atomic E-state index is 13.7. The van der Waals surface area contributed by atoms with Gasteiger partial charge in [0.05, 0.1) is 13.2 Å². The number of benzene rings is 2. The molecule has 4 nitrogen and oxygen atoms in total. The van der Waals surface area contributed by atoms with Gasteiger partial charge in [-0.2, -0.15) is 0 Å². The van der Waals surface area contributed by atoms with Gasteiger partial charge in [-0.3, -0.25) is 0 Å². The molecule has 0 fully saturated rings. The van der Waals surface area contributed by atoms with Crippen LogP contribution in [0.1, 0.15) is 23.6 Å². The van der Waals surface area contributed by atoms with E-state index >= 15 is 0 Å². The SMILES string of the molecule is CCNC(=NCc1ccc(COC)cc1)NCc1ccccc1F.I. The second kappa shape index (κ2) is 11.8. The summed E-state index contributed by atoms with van der Waals surface area (Å²) in [5.74, 6) is 0.455. The van der Waals surface area contributed by atoms with Crippen molar-refractivity contribution < 1.29 is 9.13 Å². The molecule has 2 rings (SSSR count). The highest BCUT2D eigenvalue weighted by atomic mass is 127. The molecule has 0 spiro atoms. The van der Waals surface area contributed by atoms with Crippen molar-refractivity contribution >= 4 is 29.9 Å². The van der Waals surface area contributed by atoms with E-state index in [1.165, 1.54) is 6.07 Å². The molecular weight excluding hydrogens is 432 g/mol. The number of hydrogen-bond acceptors (Lipinski definition) is 2. The molecular formula is C19H25FIN3O. The van der Waals surface area contributed by atoms with Gasteiger partial charge < -0.3 is 15.4 Å². The summed E-state index contributed by atoms with van der Waals surface area (Å²) in [5, 5.41) is 6.33.